The van der Waals surface area contributed by atoms with Gasteiger partial charge in [-0.25, -0.2) is 0 Å². The molecule has 0 aromatic carbocycles. The number of carbonyl (C=O) groups excluding carboxylic acids is 1. The Morgan fingerprint density at radius 1 is 1.10 bits per heavy atom. The Morgan fingerprint density at radius 3 is 2.48 bits per heavy atom. The van der Waals surface area contributed by atoms with Crippen molar-refractivity contribution in [1.82, 2.24) is 20.0 Å². The van der Waals surface area contributed by atoms with E-state index in [1.807, 2.05) is 12.1 Å². The third kappa shape index (κ3) is 8.97. The maximum absolute atomic E-state index is 12.7. The van der Waals surface area contributed by atoms with Gasteiger partial charge in [-0.3, -0.25) is 14.7 Å². The van der Waals surface area contributed by atoms with Crippen LogP contribution >= 0.6 is 24.0 Å². The first-order valence-corrected chi connectivity index (χ1v) is 11.3. The summed E-state index contributed by atoms with van der Waals surface area (Å²) >= 11 is 0. The van der Waals surface area contributed by atoms with E-state index in [1.165, 1.54) is 12.8 Å². The van der Waals surface area contributed by atoms with Crippen LogP contribution in [-0.2, 0) is 16.0 Å². The molecular weight excluding hydrogens is 509 g/mol. The molecule has 2 aliphatic heterocycles. The largest absolute Gasteiger partial charge is 0.469 e. The zero-order chi connectivity index (χ0) is 21.0. The fraction of sp³-hybridized carbons (Fsp3) is 0.727. The normalized spacial score (nSPS) is 18.4. The number of nitrogens with one attached hydrogen (secondary N) is 1. The minimum atomic E-state index is 0. The molecule has 0 saturated carbocycles. The lowest BCUT2D eigenvalue weighted by atomic mass is 10.2. The van der Waals surface area contributed by atoms with E-state index < -0.39 is 0 Å². The molecule has 2 saturated heterocycles. The number of halogens is 1. The number of ether oxygens (including phenoxy) is 1. The first kappa shape index (κ1) is 25.9. The van der Waals surface area contributed by atoms with E-state index in [0.717, 1.165) is 76.8 Å². The van der Waals surface area contributed by atoms with Crippen molar-refractivity contribution < 1.29 is 13.9 Å². The number of hydrogen-bond donors (Lipinski definition) is 1. The second-order valence-electron chi connectivity index (χ2n) is 8.01. The van der Waals surface area contributed by atoms with Gasteiger partial charge in [0.1, 0.15) is 5.76 Å². The third-order valence-electron chi connectivity index (χ3n) is 5.78. The number of methoxy groups -OCH3 is 1. The van der Waals surface area contributed by atoms with Crippen LogP contribution < -0.4 is 5.32 Å². The van der Waals surface area contributed by atoms with Crippen LogP contribution in [0.15, 0.2) is 27.8 Å². The zero-order valence-corrected chi connectivity index (χ0v) is 21.1. The lowest BCUT2D eigenvalue weighted by Gasteiger charge is -2.37. The van der Waals surface area contributed by atoms with Gasteiger partial charge in [-0.05, 0) is 25.0 Å². The fourth-order valence-corrected chi connectivity index (χ4v) is 3.99. The standard InChI is InChI=1S/C22H37N5O3.HI/c1-29-18-10-24-22(23-9-8-20-7-6-17-30-20)27-15-13-25(14-16-27)19-21(28)26-11-4-2-3-5-12-26;/h6-7,17H,2-5,8-16,18-19H2,1H3,(H,23,24);1H. The number of amides is 1. The van der Waals surface area contributed by atoms with E-state index in [2.05, 4.69) is 20.0 Å². The maximum atomic E-state index is 12.7. The molecule has 0 unspecified atom stereocenters. The minimum absolute atomic E-state index is 0. The Kier molecular flexibility index (Phi) is 12.3. The quantitative estimate of drug-likeness (QED) is 0.233. The van der Waals surface area contributed by atoms with Gasteiger partial charge >= 0.3 is 0 Å². The fourth-order valence-electron chi connectivity index (χ4n) is 3.99. The van der Waals surface area contributed by atoms with Gasteiger partial charge in [-0.1, -0.05) is 12.8 Å². The lowest BCUT2D eigenvalue weighted by Crippen LogP contribution is -2.54. The minimum Gasteiger partial charge on any atom is -0.469 e. The molecule has 3 heterocycles. The highest BCUT2D eigenvalue weighted by Crippen LogP contribution is 2.11. The summed E-state index contributed by atoms with van der Waals surface area (Å²) in [6.07, 6.45) is 7.31. The summed E-state index contributed by atoms with van der Waals surface area (Å²) in [5.74, 6) is 2.17. The molecular formula is C22H38IN5O3. The Morgan fingerprint density at radius 2 is 1.84 bits per heavy atom. The van der Waals surface area contributed by atoms with Crippen molar-refractivity contribution in [2.75, 3.05) is 72.6 Å². The van der Waals surface area contributed by atoms with E-state index in [9.17, 15) is 4.79 Å². The van der Waals surface area contributed by atoms with Crippen LogP contribution in [-0.4, -0.2) is 99.2 Å². The summed E-state index contributed by atoms with van der Waals surface area (Å²) in [5.41, 5.74) is 0. The second-order valence-corrected chi connectivity index (χ2v) is 8.01. The van der Waals surface area contributed by atoms with Crippen LogP contribution in [0.1, 0.15) is 31.4 Å². The van der Waals surface area contributed by atoms with Crippen molar-refractivity contribution in [2.45, 2.75) is 32.1 Å². The molecule has 0 aliphatic carbocycles. The summed E-state index contributed by atoms with van der Waals surface area (Å²) < 4.78 is 10.6. The number of nitrogens with zero attached hydrogens (tertiary/aromatic N) is 4. The number of hydrogen-bond acceptors (Lipinski definition) is 5. The van der Waals surface area contributed by atoms with Gasteiger partial charge < -0.3 is 24.3 Å². The molecule has 9 heteroatoms. The first-order chi connectivity index (χ1) is 14.8. The Labute approximate surface area is 203 Å². The summed E-state index contributed by atoms with van der Waals surface area (Å²) in [6.45, 7) is 7.89. The van der Waals surface area contributed by atoms with Crippen LogP contribution in [0.2, 0.25) is 0 Å². The van der Waals surface area contributed by atoms with Crippen molar-refractivity contribution in [3.63, 3.8) is 0 Å². The molecule has 1 N–H and O–H groups in total. The van der Waals surface area contributed by atoms with Crippen molar-refractivity contribution in [1.29, 1.82) is 0 Å². The highest BCUT2D eigenvalue weighted by molar-refractivity contribution is 14.0. The molecule has 0 atom stereocenters. The molecule has 3 rings (SSSR count). The molecule has 1 aromatic heterocycles. The Hall–Kier alpha value is -1.33. The number of guanidine groups is 1. The van der Waals surface area contributed by atoms with Crippen molar-refractivity contribution in [3.05, 3.63) is 24.2 Å². The average molecular weight is 547 g/mol. The van der Waals surface area contributed by atoms with E-state index in [4.69, 9.17) is 14.1 Å². The summed E-state index contributed by atoms with van der Waals surface area (Å²) in [6, 6.07) is 3.90. The highest BCUT2D eigenvalue weighted by Gasteiger charge is 2.23. The molecule has 176 valence electrons. The molecule has 2 aliphatic rings. The Bertz CT molecular complexity index is 640. The van der Waals surface area contributed by atoms with Crippen molar-refractivity contribution in [3.8, 4) is 0 Å². The zero-order valence-electron chi connectivity index (χ0n) is 18.8. The van der Waals surface area contributed by atoms with E-state index >= 15 is 0 Å². The second kappa shape index (κ2) is 14.7. The summed E-state index contributed by atoms with van der Waals surface area (Å²) in [7, 11) is 1.69. The number of carbonyl (C=O) groups is 1. The van der Waals surface area contributed by atoms with Crippen molar-refractivity contribution >= 4 is 35.8 Å². The van der Waals surface area contributed by atoms with Gasteiger partial charge in [0, 0.05) is 59.3 Å². The topological polar surface area (TPSA) is 73.5 Å². The van der Waals surface area contributed by atoms with Gasteiger partial charge in [0.15, 0.2) is 5.96 Å². The molecule has 0 bridgehead atoms. The number of piperazine rings is 1. The smallest absolute Gasteiger partial charge is 0.236 e. The monoisotopic (exact) mass is 547 g/mol. The van der Waals surface area contributed by atoms with Gasteiger partial charge in [0.05, 0.1) is 26.0 Å². The van der Waals surface area contributed by atoms with Crippen LogP contribution in [0.25, 0.3) is 0 Å². The predicted molar refractivity (Wildman–Crippen MR) is 133 cm³/mol. The SMILES string of the molecule is COCCN=C(NCCc1ccco1)N1CCN(CC(=O)N2CCCCCC2)CC1.I. The summed E-state index contributed by atoms with van der Waals surface area (Å²) in [5, 5.41) is 3.47. The Balaban J connectivity index is 0.00000341. The molecule has 0 spiro atoms. The van der Waals surface area contributed by atoms with E-state index in [1.54, 1.807) is 13.4 Å². The molecule has 0 radical (unpaired) electrons. The van der Waals surface area contributed by atoms with Crippen LogP contribution in [0.5, 0.6) is 0 Å². The number of aliphatic imine (C=N–C) groups is 1. The van der Waals surface area contributed by atoms with Gasteiger partial charge in [0.2, 0.25) is 5.91 Å². The van der Waals surface area contributed by atoms with Gasteiger partial charge in [-0.15, -0.1) is 24.0 Å². The van der Waals surface area contributed by atoms with Gasteiger partial charge in [-0.2, -0.15) is 0 Å². The molecule has 2 fully saturated rings. The number of furan rings is 1. The molecule has 1 amide bonds. The van der Waals surface area contributed by atoms with Crippen LogP contribution in [0.3, 0.4) is 0 Å². The molecule has 8 nitrogen and oxygen atoms in total. The first-order valence-electron chi connectivity index (χ1n) is 11.3. The molecule has 31 heavy (non-hydrogen) atoms. The highest BCUT2D eigenvalue weighted by atomic mass is 127. The van der Waals surface area contributed by atoms with Crippen LogP contribution in [0.4, 0.5) is 0 Å². The predicted octanol–water partition coefficient (Wildman–Crippen LogP) is 2.05. The number of rotatable bonds is 8. The van der Waals surface area contributed by atoms with E-state index in [0.29, 0.717) is 19.7 Å². The maximum Gasteiger partial charge on any atom is 0.236 e. The lowest BCUT2D eigenvalue weighted by molar-refractivity contribution is -0.132. The van der Waals surface area contributed by atoms with Crippen LogP contribution in [0, 0.1) is 0 Å². The third-order valence-corrected chi connectivity index (χ3v) is 5.78. The number of likely N-dealkylation sites (tertiary alicyclic amines) is 1. The molecule has 1 aromatic rings. The van der Waals surface area contributed by atoms with E-state index in [-0.39, 0.29) is 29.9 Å². The average Bonchev–Trinajstić information content (AvgIpc) is 3.13. The van der Waals surface area contributed by atoms with Gasteiger partial charge in [0.25, 0.3) is 0 Å². The summed E-state index contributed by atoms with van der Waals surface area (Å²) in [4.78, 5) is 24.0. The van der Waals surface area contributed by atoms with Crippen molar-refractivity contribution in [2.24, 2.45) is 4.99 Å².